The molecular weight excluding hydrogens is 280 g/mol. The molecule has 1 aromatic carbocycles. The minimum atomic E-state index is 0.0495. The molecule has 0 aliphatic carbocycles. The Morgan fingerprint density at radius 1 is 1.18 bits per heavy atom. The van der Waals surface area contributed by atoms with Crippen molar-refractivity contribution in [2.24, 2.45) is 0 Å². The fraction of sp³-hybridized carbons (Fsp3) is 0.353. The Balaban J connectivity index is 2.10. The quantitative estimate of drug-likeness (QED) is 0.823. The Morgan fingerprint density at radius 3 is 2.41 bits per heavy atom. The number of rotatable bonds is 6. The second-order valence-electron chi connectivity index (χ2n) is 5.18. The van der Waals surface area contributed by atoms with Gasteiger partial charge in [-0.1, -0.05) is 0 Å². The van der Waals surface area contributed by atoms with Crippen LogP contribution in [0.4, 0.5) is 5.69 Å². The summed E-state index contributed by atoms with van der Waals surface area (Å²) in [5, 5.41) is 0. The molecule has 5 heteroatoms. The number of amides is 1. The van der Waals surface area contributed by atoms with Crippen molar-refractivity contribution >= 4 is 11.6 Å². The van der Waals surface area contributed by atoms with Crippen molar-refractivity contribution in [3.8, 4) is 11.5 Å². The molecule has 22 heavy (non-hydrogen) atoms. The van der Waals surface area contributed by atoms with Gasteiger partial charge in [0.05, 0.1) is 14.2 Å². The van der Waals surface area contributed by atoms with E-state index < -0.39 is 0 Å². The van der Waals surface area contributed by atoms with Crippen LogP contribution in [0.3, 0.4) is 0 Å². The van der Waals surface area contributed by atoms with E-state index in [4.69, 9.17) is 9.47 Å². The Hall–Kier alpha value is -2.43. The van der Waals surface area contributed by atoms with Crippen molar-refractivity contribution in [3.63, 3.8) is 0 Å². The van der Waals surface area contributed by atoms with Crippen molar-refractivity contribution in [2.75, 3.05) is 26.2 Å². The highest BCUT2D eigenvalue weighted by Gasteiger charge is 2.17. The van der Waals surface area contributed by atoms with Crippen LogP contribution in [0.5, 0.6) is 11.5 Å². The Bertz CT molecular complexity index is 623. The molecule has 0 aliphatic heterocycles. The standard InChI is InChI=1S/C17H22N2O3/c1-13(19-9-5-6-10-19)11-17(20)18(2)14-7-8-15(21-3)16(12-14)22-4/h5-10,12-13H,11H2,1-4H3. The summed E-state index contributed by atoms with van der Waals surface area (Å²) in [5.74, 6) is 1.30. The van der Waals surface area contributed by atoms with Gasteiger partial charge in [-0.25, -0.2) is 0 Å². The zero-order chi connectivity index (χ0) is 16.1. The van der Waals surface area contributed by atoms with Gasteiger partial charge in [0.15, 0.2) is 11.5 Å². The highest BCUT2D eigenvalue weighted by molar-refractivity contribution is 5.93. The van der Waals surface area contributed by atoms with Crippen LogP contribution in [0.2, 0.25) is 0 Å². The summed E-state index contributed by atoms with van der Waals surface area (Å²) < 4.78 is 12.5. The second-order valence-corrected chi connectivity index (χ2v) is 5.18. The van der Waals surface area contributed by atoms with E-state index in [-0.39, 0.29) is 11.9 Å². The molecule has 1 atom stereocenters. The van der Waals surface area contributed by atoms with E-state index in [9.17, 15) is 4.79 Å². The maximum absolute atomic E-state index is 12.4. The van der Waals surface area contributed by atoms with Gasteiger partial charge in [0.25, 0.3) is 0 Å². The maximum atomic E-state index is 12.4. The number of anilines is 1. The lowest BCUT2D eigenvalue weighted by Crippen LogP contribution is -2.28. The predicted octanol–water partition coefficient (Wildman–Crippen LogP) is 3.12. The van der Waals surface area contributed by atoms with E-state index in [1.807, 2.05) is 42.1 Å². The van der Waals surface area contributed by atoms with E-state index in [1.54, 1.807) is 38.3 Å². The highest BCUT2D eigenvalue weighted by atomic mass is 16.5. The minimum absolute atomic E-state index is 0.0495. The molecule has 1 aromatic heterocycles. The third-order valence-corrected chi connectivity index (χ3v) is 3.74. The third kappa shape index (κ3) is 3.42. The topological polar surface area (TPSA) is 43.7 Å². The molecule has 5 nitrogen and oxygen atoms in total. The molecule has 118 valence electrons. The van der Waals surface area contributed by atoms with Crippen molar-refractivity contribution in [1.29, 1.82) is 0 Å². The molecule has 0 saturated heterocycles. The van der Waals surface area contributed by atoms with Gasteiger partial charge in [-0.05, 0) is 31.2 Å². The van der Waals surface area contributed by atoms with Gasteiger partial charge < -0.3 is 18.9 Å². The molecule has 0 N–H and O–H groups in total. The van der Waals surface area contributed by atoms with Crippen molar-refractivity contribution in [3.05, 3.63) is 42.7 Å². The first-order valence-corrected chi connectivity index (χ1v) is 7.18. The van der Waals surface area contributed by atoms with Crippen LogP contribution in [0.15, 0.2) is 42.7 Å². The van der Waals surface area contributed by atoms with E-state index >= 15 is 0 Å². The minimum Gasteiger partial charge on any atom is -0.493 e. The van der Waals surface area contributed by atoms with E-state index in [0.717, 1.165) is 5.69 Å². The third-order valence-electron chi connectivity index (χ3n) is 3.74. The number of carbonyl (C=O) groups is 1. The Morgan fingerprint density at radius 2 is 1.82 bits per heavy atom. The van der Waals surface area contributed by atoms with Crippen LogP contribution >= 0.6 is 0 Å². The van der Waals surface area contributed by atoms with Gasteiger partial charge in [-0.2, -0.15) is 0 Å². The summed E-state index contributed by atoms with van der Waals surface area (Å²) in [5.41, 5.74) is 0.780. The predicted molar refractivity (Wildman–Crippen MR) is 86.7 cm³/mol. The average molecular weight is 302 g/mol. The monoisotopic (exact) mass is 302 g/mol. The summed E-state index contributed by atoms with van der Waals surface area (Å²) in [4.78, 5) is 14.1. The van der Waals surface area contributed by atoms with Crippen LogP contribution < -0.4 is 14.4 Å². The maximum Gasteiger partial charge on any atom is 0.228 e. The number of nitrogens with zero attached hydrogens (tertiary/aromatic N) is 2. The smallest absolute Gasteiger partial charge is 0.228 e. The Kier molecular flexibility index (Phi) is 5.09. The molecule has 0 bridgehead atoms. The number of ether oxygens (including phenoxy) is 2. The van der Waals surface area contributed by atoms with E-state index in [2.05, 4.69) is 0 Å². The lowest BCUT2D eigenvalue weighted by atomic mass is 10.2. The fourth-order valence-electron chi connectivity index (χ4n) is 2.31. The molecule has 1 amide bonds. The first kappa shape index (κ1) is 15.9. The van der Waals surface area contributed by atoms with Crippen molar-refractivity contribution < 1.29 is 14.3 Å². The van der Waals surface area contributed by atoms with Crippen LogP contribution in [-0.2, 0) is 4.79 Å². The molecule has 1 unspecified atom stereocenters. The SMILES string of the molecule is COc1ccc(N(C)C(=O)CC(C)n2cccc2)cc1OC. The number of aromatic nitrogens is 1. The van der Waals surface area contributed by atoms with Crippen LogP contribution in [0, 0.1) is 0 Å². The number of hydrogen-bond donors (Lipinski definition) is 0. The van der Waals surface area contributed by atoms with Gasteiger partial charge in [0.2, 0.25) is 5.91 Å². The molecule has 2 aromatic rings. The molecule has 1 heterocycles. The number of carbonyl (C=O) groups excluding carboxylic acids is 1. The fourth-order valence-corrected chi connectivity index (χ4v) is 2.31. The summed E-state index contributed by atoms with van der Waals surface area (Å²) in [6.45, 7) is 2.03. The summed E-state index contributed by atoms with van der Waals surface area (Å²) in [6, 6.07) is 9.48. The van der Waals surface area contributed by atoms with Gasteiger partial charge in [-0.15, -0.1) is 0 Å². The zero-order valence-electron chi connectivity index (χ0n) is 13.4. The first-order valence-electron chi connectivity index (χ1n) is 7.18. The normalized spacial score (nSPS) is 11.8. The van der Waals surface area contributed by atoms with Gasteiger partial charge in [0, 0.05) is 43.7 Å². The van der Waals surface area contributed by atoms with Crippen LogP contribution in [0.25, 0.3) is 0 Å². The number of hydrogen-bond acceptors (Lipinski definition) is 3. The van der Waals surface area contributed by atoms with Crippen LogP contribution in [0.1, 0.15) is 19.4 Å². The largest absolute Gasteiger partial charge is 0.493 e. The van der Waals surface area contributed by atoms with Gasteiger partial charge >= 0.3 is 0 Å². The van der Waals surface area contributed by atoms with Crippen LogP contribution in [-0.4, -0.2) is 31.7 Å². The number of benzene rings is 1. The summed E-state index contributed by atoms with van der Waals surface area (Å²) >= 11 is 0. The molecule has 0 spiro atoms. The lowest BCUT2D eigenvalue weighted by molar-refractivity contribution is -0.119. The molecule has 0 saturated carbocycles. The molecular formula is C17H22N2O3. The zero-order valence-corrected chi connectivity index (χ0v) is 13.4. The summed E-state index contributed by atoms with van der Waals surface area (Å²) in [7, 11) is 4.94. The molecule has 0 fully saturated rings. The molecule has 0 radical (unpaired) electrons. The Labute approximate surface area is 131 Å². The lowest BCUT2D eigenvalue weighted by Gasteiger charge is -2.21. The average Bonchev–Trinajstić information content (AvgIpc) is 3.07. The van der Waals surface area contributed by atoms with Gasteiger partial charge in [0.1, 0.15) is 0 Å². The van der Waals surface area contributed by atoms with E-state index in [0.29, 0.717) is 17.9 Å². The molecule has 0 aliphatic rings. The first-order chi connectivity index (χ1) is 10.6. The molecule has 2 rings (SSSR count). The van der Waals surface area contributed by atoms with Crippen molar-refractivity contribution in [2.45, 2.75) is 19.4 Å². The van der Waals surface area contributed by atoms with Gasteiger partial charge in [-0.3, -0.25) is 4.79 Å². The second kappa shape index (κ2) is 7.02. The highest BCUT2D eigenvalue weighted by Crippen LogP contribution is 2.31. The summed E-state index contributed by atoms with van der Waals surface area (Å²) in [6.07, 6.45) is 4.36. The number of methoxy groups -OCH3 is 2. The van der Waals surface area contributed by atoms with Crippen molar-refractivity contribution in [1.82, 2.24) is 4.57 Å². The van der Waals surface area contributed by atoms with E-state index in [1.165, 1.54) is 0 Å².